The van der Waals surface area contributed by atoms with Crippen LogP contribution in [-0.4, -0.2) is 25.5 Å². The van der Waals surface area contributed by atoms with Crippen molar-refractivity contribution in [3.05, 3.63) is 57.2 Å². The highest BCUT2D eigenvalue weighted by Gasteiger charge is 2.17. The van der Waals surface area contributed by atoms with Gasteiger partial charge in [0, 0.05) is 21.4 Å². The quantitative estimate of drug-likeness (QED) is 0.499. The first kappa shape index (κ1) is 17.3. The minimum absolute atomic E-state index is 0.0885. The van der Waals surface area contributed by atoms with E-state index in [4.69, 9.17) is 0 Å². The second-order valence-corrected chi connectivity index (χ2v) is 8.41. The normalized spacial score (nSPS) is 12.4. The Hall–Kier alpha value is -2.10. The highest BCUT2D eigenvalue weighted by atomic mass is 79.9. The molecule has 132 valence electrons. The monoisotopic (exact) mass is 447 g/mol. The second-order valence-electron chi connectivity index (χ2n) is 5.73. The Bertz CT molecular complexity index is 1070. The lowest BCUT2D eigenvalue weighted by Crippen LogP contribution is -2.29. The van der Waals surface area contributed by atoms with Crippen LogP contribution in [0.2, 0.25) is 0 Å². The van der Waals surface area contributed by atoms with Crippen molar-refractivity contribution in [2.24, 2.45) is 0 Å². The van der Waals surface area contributed by atoms with Gasteiger partial charge in [-0.2, -0.15) is 0 Å². The topological polar surface area (TPSA) is 72.2 Å². The van der Waals surface area contributed by atoms with E-state index >= 15 is 0 Å². The van der Waals surface area contributed by atoms with E-state index < -0.39 is 0 Å². The van der Waals surface area contributed by atoms with Crippen LogP contribution in [0.25, 0.3) is 15.5 Å². The number of fused-ring (bicyclic) bond motifs is 1. The summed E-state index contributed by atoms with van der Waals surface area (Å²) in [7, 11) is 0. The average Bonchev–Trinajstić information content (AvgIpc) is 3.33. The predicted octanol–water partition coefficient (Wildman–Crippen LogP) is 4.10. The van der Waals surface area contributed by atoms with Crippen LogP contribution in [-0.2, 0) is 11.2 Å². The van der Waals surface area contributed by atoms with Gasteiger partial charge in [0.1, 0.15) is 5.01 Å². The maximum atomic E-state index is 12.4. The SMILES string of the molecule is CC(NC(=O)Cc1csc(-c2cc(Br)cs2)n1)c1nnc2ccccn12. The molecule has 4 aromatic rings. The molecule has 6 nitrogen and oxygen atoms in total. The van der Waals surface area contributed by atoms with E-state index in [1.54, 1.807) is 22.7 Å². The van der Waals surface area contributed by atoms with Crippen LogP contribution in [0.3, 0.4) is 0 Å². The van der Waals surface area contributed by atoms with Gasteiger partial charge in [0.15, 0.2) is 11.5 Å². The molecule has 0 bridgehead atoms. The van der Waals surface area contributed by atoms with Crippen molar-refractivity contribution in [3.63, 3.8) is 0 Å². The Morgan fingerprint density at radius 1 is 1.31 bits per heavy atom. The maximum absolute atomic E-state index is 12.4. The molecule has 0 aliphatic carbocycles. The molecule has 0 aliphatic heterocycles. The molecule has 1 atom stereocenters. The summed E-state index contributed by atoms with van der Waals surface area (Å²) < 4.78 is 2.92. The van der Waals surface area contributed by atoms with Crippen LogP contribution in [0.4, 0.5) is 0 Å². The molecule has 1 amide bonds. The van der Waals surface area contributed by atoms with Crippen molar-refractivity contribution < 1.29 is 4.79 Å². The lowest BCUT2D eigenvalue weighted by molar-refractivity contribution is -0.121. The van der Waals surface area contributed by atoms with E-state index in [0.717, 1.165) is 25.7 Å². The zero-order valence-corrected chi connectivity index (χ0v) is 16.9. The van der Waals surface area contributed by atoms with Gasteiger partial charge in [-0.1, -0.05) is 6.07 Å². The molecule has 0 fully saturated rings. The molecule has 9 heteroatoms. The molecular weight excluding hydrogens is 434 g/mol. The number of amides is 1. The number of carbonyl (C=O) groups is 1. The van der Waals surface area contributed by atoms with Crippen molar-refractivity contribution in [3.8, 4) is 9.88 Å². The van der Waals surface area contributed by atoms with Gasteiger partial charge in [0.25, 0.3) is 0 Å². The van der Waals surface area contributed by atoms with Crippen molar-refractivity contribution in [1.29, 1.82) is 0 Å². The molecule has 0 spiro atoms. The maximum Gasteiger partial charge on any atom is 0.226 e. The average molecular weight is 448 g/mol. The lowest BCUT2D eigenvalue weighted by Gasteiger charge is -2.11. The third kappa shape index (κ3) is 3.55. The number of nitrogens with zero attached hydrogens (tertiary/aromatic N) is 4. The molecule has 0 aliphatic rings. The van der Waals surface area contributed by atoms with Gasteiger partial charge in [-0.25, -0.2) is 4.98 Å². The third-order valence-corrected chi connectivity index (χ3v) is 6.53. The van der Waals surface area contributed by atoms with E-state index in [9.17, 15) is 4.79 Å². The van der Waals surface area contributed by atoms with Gasteiger partial charge in [0.2, 0.25) is 5.91 Å². The molecule has 26 heavy (non-hydrogen) atoms. The smallest absolute Gasteiger partial charge is 0.226 e. The number of halogens is 1. The summed E-state index contributed by atoms with van der Waals surface area (Å²) in [6, 6.07) is 7.49. The Morgan fingerprint density at radius 3 is 3.00 bits per heavy atom. The third-order valence-electron chi connectivity index (χ3n) is 3.78. The summed E-state index contributed by atoms with van der Waals surface area (Å²) in [5, 5.41) is 16.2. The standard InChI is InChI=1S/C17H14BrN5OS2/c1-10(16-22-21-14-4-2-3-5-23(14)16)19-15(24)7-12-9-26-17(20-12)13-6-11(18)8-25-13/h2-6,8-10H,7H2,1H3,(H,19,24). The molecule has 0 saturated heterocycles. The van der Waals surface area contributed by atoms with Crippen LogP contribution in [0.15, 0.2) is 45.7 Å². The number of thiophene rings is 1. The molecular formula is C17H14BrN5OS2. The first-order valence-electron chi connectivity index (χ1n) is 7.88. The Kier molecular flexibility index (Phi) is 4.84. The summed E-state index contributed by atoms with van der Waals surface area (Å²) in [4.78, 5) is 18.1. The number of aromatic nitrogens is 4. The summed E-state index contributed by atoms with van der Waals surface area (Å²) in [5.41, 5.74) is 1.53. The summed E-state index contributed by atoms with van der Waals surface area (Å²) >= 11 is 6.63. The highest BCUT2D eigenvalue weighted by molar-refractivity contribution is 9.10. The van der Waals surface area contributed by atoms with Crippen molar-refractivity contribution in [1.82, 2.24) is 24.9 Å². The van der Waals surface area contributed by atoms with Crippen molar-refractivity contribution >= 4 is 50.2 Å². The van der Waals surface area contributed by atoms with Gasteiger partial charge in [0.05, 0.1) is 23.0 Å². The lowest BCUT2D eigenvalue weighted by atomic mass is 10.2. The number of hydrogen-bond donors (Lipinski definition) is 1. The van der Waals surface area contributed by atoms with Gasteiger partial charge >= 0.3 is 0 Å². The van der Waals surface area contributed by atoms with E-state index in [-0.39, 0.29) is 18.4 Å². The minimum atomic E-state index is -0.244. The minimum Gasteiger partial charge on any atom is -0.346 e. The molecule has 0 aromatic carbocycles. The summed E-state index contributed by atoms with van der Waals surface area (Å²) in [5.74, 6) is 0.616. The number of carbonyl (C=O) groups excluding carboxylic acids is 1. The van der Waals surface area contributed by atoms with E-state index in [2.05, 4.69) is 36.4 Å². The Balaban J connectivity index is 1.43. The van der Waals surface area contributed by atoms with Crippen LogP contribution in [0, 0.1) is 0 Å². The number of pyridine rings is 1. The van der Waals surface area contributed by atoms with E-state index in [1.807, 2.05) is 52.5 Å². The van der Waals surface area contributed by atoms with Crippen LogP contribution in [0.5, 0.6) is 0 Å². The van der Waals surface area contributed by atoms with Gasteiger partial charge in [-0.3, -0.25) is 9.20 Å². The fraction of sp³-hybridized carbons (Fsp3) is 0.176. The molecule has 0 saturated carbocycles. The zero-order chi connectivity index (χ0) is 18.1. The molecule has 1 N–H and O–H groups in total. The summed E-state index contributed by atoms with van der Waals surface area (Å²) in [6.07, 6.45) is 2.13. The number of rotatable bonds is 5. The van der Waals surface area contributed by atoms with Gasteiger partial charge in [-0.15, -0.1) is 32.9 Å². The molecule has 4 rings (SSSR count). The zero-order valence-electron chi connectivity index (χ0n) is 13.7. The Morgan fingerprint density at radius 2 is 2.19 bits per heavy atom. The first-order chi connectivity index (χ1) is 12.6. The molecule has 4 aromatic heterocycles. The second kappa shape index (κ2) is 7.26. The number of nitrogens with one attached hydrogen (secondary N) is 1. The molecule has 4 heterocycles. The first-order valence-corrected chi connectivity index (χ1v) is 10.4. The van der Waals surface area contributed by atoms with Gasteiger partial charge < -0.3 is 5.32 Å². The van der Waals surface area contributed by atoms with Crippen molar-refractivity contribution in [2.45, 2.75) is 19.4 Å². The highest BCUT2D eigenvalue weighted by Crippen LogP contribution is 2.32. The van der Waals surface area contributed by atoms with Crippen LogP contribution in [0.1, 0.15) is 24.5 Å². The molecule has 1 unspecified atom stereocenters. The van der Waals surface area contributed by atoms with Gasteiger partial charge in [-0.05, 0) is 41.1 Å². The predicted molar refractivity (Wildman–Crippen MR) is 106 cm³/mol. The van der Waals surface area contributed by atoms with E-state index in [1.165, 1.54) is 0 Å². The fourth-order valence-electron chi connectivity index (χ4n) is 2.60. The Labute approximate surface area is 166 Å². The fourth-order valence-corrected chi connectivity index (χ4v) is 4.93. The number of thiazole rings is 1. The largest absolute Gasteiger partial charge is 0.346 e. The molecule has 0 radical (unpaired) electrons. The van der Waals surface area contributed by atoms with E-state index in [0.29, 0.717) is 5.82 Å². The van der Waals surface area contributed by atoms with Crippen LogP contribution < -0.4 is 5.32 Å². The summed E-state index contributed by atoms with van der Waals surface area (Å²) in [6.45, 7) is 1.90. The number of hydrogen-bond acceptors (Lipinski definition) is 6. The van der Waals surface area contributed by atoms with Crippen LogP contribution >= 0.6 is 38.6 Å². The van der Waals surface area contributed by atoms with Crippen molar-refractivity contribution in [2.75, 3.05) is 0 Å².